The van der Waals surface area contributed by atoms with Crippen LogP contribution in [0.15, 0.2) is 23.0 Å². The van der Waals surface area contributed by atoms with Gasteiger partial charge in [-0.25, -0.2) is 0 Å². The molecule has 7 nitrogen and oxygen atoms in total. The number of carbonyl (C=O) groups is 2. The second-order valence-electron chi connectivity index (χ2n) is 5.61. The van der Waals surface area contributed by atoms with Crippen LogP contribution in [0.5, 0.6) is 0 Å². The third-order valence-electron chi connectivity index (χ3n) is 4.14. The zero-order chi connectivity index (χ0) is 15.4. The summed E-state index contributed by atoms with van der Waals surface area (Å²) in [6.45, 7) is 4.31. The van der Waals surface area contributed by atoms with Crippen LogP contribution >= 0.6 is 0 Å². The SMILES string of the molecule is O=C1NCCN(Cc2ccoc2)C1CC(=O)N1CCOCC1. The van der Waals surface area contributed by atoms with Gasteiger partial charge in [-0.3, -0.25) is 14.5 Å². The van der Waals surface area contributed by atoms with E-state index in [1.807, 2.05) is 11.0 Å². The lowest BCUT2D eigenvalue weighted by Gasteiger charge is -2.36. The highest BCUT2D eigenvalue weighted by Gasteiger charge is 2.33. The van der Waals surface area contributed by atoms with E-state index in [2.05, 4.69) is 5.32 Å². The van der Waals surface area contributed by atoms with E-state index in [1.165, 1.54) is 0 Å². The van der Waals surface area contributed by atoms with Crippen LogP contribution in [0.2, 0.25) is 0 Å². The average molecular weight is 307 g/mol. The van der Waals surface area contributed by atoms with E-state index >= 15 is 0 Å². The molecule has 2 amide bonds. The summed E-state index contributed by atoms with van der Waals surface area (Å²) in [5.41, 5.74) is 1.01. The van der Waals surface area contributed by atoms with E-state index in [1.54, 1.807) is 17.4 Å². The largest absolute Gasteiger partial charge is 0.472 e. The number of amides is 2. The molecule has 1 atom stereocenters. The zero-order valence-electron chi connectivity index (χ0n) is 12.5. The summed E-state index contributed by atoms with van der Waals surface area (Å²) >= 11 is 0. The van der Waals surface area contributed by atoms with E-state index in [-0.39, 0.29) is 18.2 Å². The molecule has 7 heteroatoms. The Hall–Kier alpha value is -1.86. The number of rotatable bonds is 4. The van der Waals surface area contributed by atoms with Crippen molar-refractivity contribution in [3.8, 4) is 0 Å². The Morgan fingerprint density at radius 1 is 1.32 bits per heavy atom. The number of morpholine rings is 1. The highest BCUT2D eigenvalue weighted by Crippen LogP contribution is 2.15. The van der Waals surface area contributed by atoms with E-state index in [9.17, 15) is 9.59 Å². The van der Waals surface area contributed by atoms with Crippen LogP contribution < -0.4 is 5.32 Å². The summed E-state index contributed by atoms with van der Waals surface area (Å²) < 4.78 is 10.3. The maximum atomic E-state index is 12.4. The third-order valence-corrected chi connectivity index (χ3v) is 4.14. The maximum Gasteiger partial charge on any atom is 0.237 e. The molecule has 3 rings (SSSR count). The molecule has 0 aromatic carbocycles. The summed E-state index contributed by atoms with van der Waals surface area (Å²) in [5.74, 6) is -0.0566. The standard InChI is InChI=1S/C15H21N3O4/c19-14(17-4-7-21-8-5-17)9-13-15(20)16-2-3-18(13)10-12-1-6-22-11-12/h1,6,11,13H,2-5,7-10H2,(H,16,20). The van der Waals surface area contributed by atoms with Crippen molar-refractivity contribution in [3.63, 3.8) is 0 Å². The van der Waals surface area contributed by atoms with Gasteiger partial charge in [-0.15, -0.1) is 0 Å². The maximum absolute atomic E-state index is 12.4. The van der Waals surface area contributed by atoms with Crippen LogP contribution in [0.25, 0.3) is 0 Å². The van der Waals surface area contributed by atoms with Crippen molar-refractivity contribution in [3.05, 3.63) is 24.2 Å². The van der Waals surface area contributed by atoms with Crippen LogP contribution in [-0.2, 0) is 20.9 Å². The van der Waals surface area contributed by atoms with Gasteiger partial charge in [0.2, 0.25) is 11.8 Å². The van der Waals surface area contributed by atoms with Crippen LogP contribution in [0, 0.1) is 0 Å². The summed E-state index contributed by atoms with van der Waals surface area (Å²) in [6.07, 6.45) is 3.50. The number of furan rings is 1. The predicted octanol–water partition coefficient (Wildman–Crippen LogP) is -0.171. The summed E-state index contributed by atoms with van der Waals surface area (Å²) in [6, 6.07) is 1.46. The first-order valence-electron chi connectivity index (χ1n) is 7.62. The molecule has 1 aromatic heterocycles. The highest BCUT2D eigenvalue weighted by atomic mass is 16.5. The van der Waals surface area contributed by atoms with Crippen molar-refractivity contribution in [2.24, 2.45) is 0 Å². The Balaban J connectivity index is 1.64. The fraction of sp³-hybridized carbons (Fsp3) is 0.600. The minimum Gasteiger partial charge on any atom is -0.472 e. The fourth-order valence-corrected chi connectivity index (χ4v) is 2.90. The number of piperazine rings is 1. The average Bonchev–Trinajstić information content (AvgIpc) is 3.04. The van der Waals surface area contributed by atoms with Crippen LogP contribution in [0.1, 0.15) is 12.0 Å². The van der Waals surface area contributed by atoms with Crippen molar-refractivity contribution in [2.75, 3.05) is 39.4 Å². The molecule has 0 radical (unpaired) electrons. The lowest BCUT2D eigenvalue weighted by molar-refractivity contribution is -0.141. The molecule has 0 spiro atoms. The van der Waals surface area contributed by atoms with Crippen molar-refractivity contribution in [1.82, 2.24) is 15.1 Å². The van der Waals surface area contributed by atoms with Gasteiger partial charge in [-0.1, -0.05) is 0 Å². The van der Waals surface area contributed by atoms with Crippen LogP contribution in [-0.4, -0.2) is 67.0 Å². The highest BCUT2D eigenvalue weighted by molar-refractivity contribution is 5.88. The molecular weight excluding hydrogens is 286 g/mol. The summed E-state index contributed by atoms with van der Waals surface area (Å²) in [4.78, 5) is 28.4. The Kier molecular flexibility index (Phi) is 4.74. The Bertz CT molecular complexity index is 511. The Morgan fingerprint density at radius 3 is 2.86 bits per heavy atom. The lowest BCUT2D eigenvalue weighted by Crippen LogP contribution is -2.56. The van der Waals surface area contributed by atoms with Gasteiger partial charge in [0.1, 0.15) is 0 Å². The monoisotopic (exact) mass is 307 g/mol. The number of ether oxygens (including phenoxy) is 1. The normalized spacial score (nSPS) is 23.4. The van der Waals surface area contributed by atoms with Gasteiger partial charge in [0.15, 0.2) is 0 Å². The van der Waals surface area contributed by atoms with E-state index in [0.717, 1.165) is 12.1 Å². The van der Waals surface area contributed by atoms with Gasteiger partial charge in [-0.05, 0) is 6.07 Å². The molecule has 120 valence electrons. The first-order valence-corrected chi connectivity index (χ1v) is 7.62. The molecule has 0 aliphatic carbocycles. The first-order chi connectivity index (χ1) is 10.7. The number of nitrogens with zero attached hydrogens (tertiary/aromatic N) is 2. The molecule has 2 saturated heterocycles. The van der Waals surface area contributed by atoms with Crippen molar-refractivity contribution >= 4 is 11.8 Å². The van der Waals surface area contributed by atoms with Gasteiger partial charge in [0, 0.05) is 38.3 Å². The summed E-state index contributed by atoms with van der Waals surface area (Å²) in [7, 11) is 0. The van der Waals surface area contributed by atoms with Gasteiger partial charge in [0.25, 0.3) is 0 Å². The van der Waals surface area contributed by atoms with Gasteiger partial charge >= 0.3 is 0 Å². The number of nitrogens with one attached hydrogen (secondary N) is 1. The smallest absolute Gasteiger partial charge is 0.237 e. The molecule has 2 aliphatic heterocycles. The van der Waals surface area contributed by atoms with Crippen molar-refractivity contribution in [1.29, 1.82) is 0 Å². The quantitative estimate of drug-likeness (QED) is 0.836. The van der Waals surface area contributed by atoms with Crippen molar-refractivity contribution in [2.45, 2.75) is 19.0 Å². The minimum atomic E-state index is -0.418. The number of hydrogen-bond donors (Lipinski definition) is 1. The van der Waals surface area contributed by atoms with Gasteiger partial charge in [0.05, 0.1) is 38.2 Å². The van der Waals surface area contributed by atoms with Crippen LogP contribution in [0.4, 0.5) is 0 Å². The molecule has 0 bridgehead atoms. The molecular formula is C15H21N3O4. The van der Waals surface area contributed by atoms with Crippen molar-refractivity contribution < 1.29 is 18.7 Å². The molecule has 2 aliphatic rings. The molecule has 1 unspecified atom stereocenters. The molecule has 1 N–H and O–H groups in total. The zero-order valence-corrected chi connectivity index (χ0v) is 12.5. The molecule has 22 heavy (non-hydrogen) atoms. The van der Waals surface area contributed by atoms with Gasteiger partial charge < -0.3 is 19.4 Å². The second-order valence-corrected chi connectivity index (χ2v) is 5.61. The van der Waals surface area contributed by atoms with Crippen LogP contribution in [0.3, 0.4) is 0 Å². The minimum absolute atomic E-state index is 0.0162. The topological polar surface area (TPSA) is 75.0 Å². The van der Waals surface area contributed by atoms with E-state index < -0.39 is 6.04 Å². The molecule has 2 fully saturated rings. The Labute approximate surface area is 129 Å². The van der Waals surface area contributed by atoms with Gasteiger partial charge in [-0.2, -0.15) is 0 Å². The van der Waals surface area contributed by atoms with E-state index in [4.69, 9.17) is 9.15 Å². The second kappa shape index (κ2) is 6.93. The summed E-state index contributed by atoms with van der Waals surface area (Å²) in [5, 5.41) is 2.85. The molecule has 0 saturated carbocycles. The lowest BCUT2D eigenvalue weighted by atomic mass is 10.1. The fourth-order valence-electron chi connectivity index (χ4n) is 2.90. The first kappa shape index (κ1) is 15.1. The third kappa shape index (κ3) is 3.48. The van der Waals surface area contributed by atoms with E-state index in [0.29, 0.717) is 39.4 Å². The Morgan fingerprint density at radius 2 is 2.14 bits per heavy atom. The number of hydrogen-bond acceptors (Lipinski definition) is 5. The predicted molar refractivity (Wildman–Crippen MR) is 77.9 cm³/mol. The molecule has 3 heterocycles. The molecule has 1 aromatic rings. The number of carbonyl (C=O) groups excluding carboxylic acids is 2.